The third-order valence-electron chi connectivity index (χ3n) is 4.08. The number of carbonyl (C=O) groups excluding carboxylic acids is 1. The van der Waals surface area contributed by atoms with E-state index in [0.29, 0.717) is 11.1 Å². The summed E-state index contributed by atoms with van der Waals surface area (Å²) in [4.78, 5) is 14.5. The predicted molar refractivity (Wildman–Crippen MR) is 81.2 cm³/mol. The van der Waals surface area contributed by atoms with Crippen LogP contribution in [0.4, 0.5) is 5.69 Å². The molecule has 2 unspecified atom stereocenters. The van der Waals surface area contributed by atoms with Gasteiger partial charge in [-0.15, -0.1) is 0 Å². The molecule has 1 aromatic carbocycles. The number of amides is 1. The van der Waals surface area contributed by atoms with Gasteiger partial charge in [-0.25, -0.2) is 0 Å². The van der Waals surface area contributed by atoms with Crippen LogP contribution in [0.5, 0.6) is 0 Å². The minimum atomic E-state index is -0.0788. The van der Waals surface area contributed by atoms with Crippen LogP contribution >= 0.6 is 11.6 Å². The molecule has 2 fully saturated rings. The van der Waals surface area contributed by atoms with E-state index in [9.17, 15) is 4.79 Å². The minimum absolute atomic E-state index is 0.0788. The van der Waals surface area contributed by atoms with Gasteiger partial charge in [-0.1, -0.05) is 23.7 Å². The predicted octanol–water partition coefficient (Wildman–Crippen LogP) is 1.79. The number of carbonyl (C=O) groups is 1. The van der Waals surface area contributed by atoms with Crippen molar-refractivity contribution >= 4 is 23.2 Å². The standard InChI is InChI=1S/C15H20ClN3O/c16-12-4-1-2-6-14(12)19-9-3-5-13(15(19)20)18-11-7-8-17-10-11/h1-2,4,6,11,13,17-18H,3,5,7-10H2. The smallest absolute Gasteiger partial charge is 0.244 e. The zero-order chi connectivity index (χ0) is 13.9. The van der Waals surface area contributed by atoms with E-state index in [0.717, 1.165) is 44.6 Å². The Labute approximate surface area is 124 Å². The largest absolute Gasteiger partial charge is 0.315 e. The highest BCUT2D eigenvalue weighted by molar-refractivity contribution is 6.33. The van der Waals surface area contributed by atoms with E-state index in [2.05, 4.69) is 10.6 Å². The molecule has 1 aromatic rings. The lowest BCUT2D eigenvalue weighted by Gasteiger charge is -2.34. The molecule has 2 saturated heterocycles. The Bertz CT molecular complexity index is 488. The lowest BCUT2D eigenvalue weighted by atomic mass is 10.0. The quantitative estimate of drug-likeness (QED) is 0.893. The van der Waals surface area contributed by atoms with E-state index in [1.165, 1.54) is 0 Å². The third kappa shape index (κ3) is 2.82. The van der Waals surface area contributed by atoms with Crippen LogP contribution in [-0.4, -0.2) is 37.6 Å². The summed E-state index contributed by atoms with van der Waals surface area (Å²) in [5.74, 6) is 0.149. The Morgan fingerprint density at radius 2 is 2.15 bits per heavy atom. The van der Waals surface area contributed by atoms with Crippen LogP contribution in [0.3, 0.4) is 0 Å². The van der Waals surface area contributed by atoms with Crippen LogP contribution < -0.4 is 15.5 Å². The van der Waals surface area contributed by atoms with Crippen molar-refractivity contribution in [2.45, 2.75) is 31.3 Å². The molecule has 2 atom stereocenters. The molecule has 3 rings (SSSR count). The molecule has 0 aromatic heterocycles. The van der Waals surface area contributed by atoms with Crippen molar-refractivity contribution in [1.82, 2.24) is 10.6 Å². The summed E-state index contributed by atoms with van der Waals surface area (Å²) in [5.41, 5.74) is 0.829. The molecule has 20 heavy (non-hydrogen) atoms. The molecule has 5 heteroatoms. The second-order valence-electron chi connectivity index (χ2n) is 5.49. The molecule has 0 bridgehead atoms. The fourth-order valence-corrected chi connectivity index (χ4v) is 3.26. The van der Waals surface area contributed by atoms with E-state index in [1.54, 1.807) is 0 Å². The highest BCUT2D eigenvalue weighted by atomic mass is 35.5. The Balaban J connectivity index is 1.73. The molecule has 2 aliphatic rings. The highest BCUT2D eigenvalue weighted by Crippen LogP contribution is 2.28. The minimum Gasteiger partial charge on any atom is -0.315 e. The summed E-state index contributed by atoms with van der Waals surface area (Å²) in [6.07, 6.45) is 3.01. The monoisotopic (exact) mass is 293 g/mol. The number of hydrogen-bond acceptors (Lipinski definition) is 3. The van der Waals surface area contributed by atoms with Crippen LogP contribution in [0, 0.1) is 0 Å². The molecule has 1 amide bonds. The first kappa shape index (κ1) is 13.9. The highest BCUT2D eigenvalue weighted by Gasteiger charge is 2.32. The molecule has 0 spiro atoms. The van der Waals surface area contributed by atoms with E-state index in [-0.39, 0.29) is 11.9 Å². The van der Waals surface area contributed by atoms with Gasteiger partial charge in [0.05, 0.1) is 16.8 Å². The molecule has 108 valence electrons. The van der Waals surface area contributed by atoms with Crippen molar-refractivity contribution in [1.29, 1.82) is 0 Å². The molecule has 2 N–H and O–H groups in total. The first-order valence-electron chi connectivity index (χ1n) is 7.28. The molecule has 0 saturated carbocycles. The van der Waals surface area contributed by atoms with E-state index in [1.807, 2.05) is 29.2 Å². The van der Waals surface area contributed by atoms with Gasteiger partial charge < -0.3 is 15.5 Å². The summed E-state index contributed by atoms with van der Waals surface area (Å²) in [6.45, 7) is 2.74. The second kappa shape index (κ2) is 6.12. The Hall–Kier alpha value is -1.10. The lowest BCUT2D eigenvalue weighted by Crippen LogP contribution is -2.54. The molecular weight excluding hydrogens is 274 g/mol. The fraction of sp³-hybridized carbons (Fsp3) is 0.533. The van der Waals surface area contributed by atoms with Gasteiger partial charge in [-0.2, -0.15) is 0 Å². The number of rotatable bonds is 3. The van der Waals surface area contributed by atoms with Crippen molar-refractivity contribution in [3.8, 4) is 0 Å². The fourth-order valence-electron chi connectivity index (χ4n) is 3.02. The summed E-state index contributed by atoms with van der Waals surface area (Å²) in [7, 11) is 0. The number of halogens is 1. The second-order valence-corrected chi connectivity index (χ2v) is 5.90. The van der Waals surface area contributed by atoms with Gasteiger partial charge in [-0.05, 0) is 37.9 Å². The number of hydrogen-bond donors (Lipinski definition) is 2. The van der Waals surface area contributed by atoms with Crippen molar-refractivity contribution in [2.75, 3.05) is 24.5 Å². The van der Waals surface area contributed by atoms with Gasteiger partial charge in [0.15, 0.2) is 0 Å². The maximum absolute atomic E-state index is 12.7. The maximum Gasteiger partial charge on any atom is 0.244 e. The van der Waals surface area contributed by atoms with Gasteiger partial charge >= 0.3 is 0 Å². The van der Waals surface area contributed by atoms with E-state index >= 15 is 0 Å². The Morgan fingerprint density at radius 1 is 1.30 bits per heavy atom. The summed E-state index contributed by atoms with van der Waals surface area (Å²) in [5, 5.41) is 7.45. The molecule has 2 aliphatic heterocycles. The third-order valence-corrected chi connectivity index (χ3v) is 4.40. The van der Waals surface area contributed by atoms with E-state index < -0.39 is 0 Å². The zero-order valence-electron chi connectivity index (χ0n) is 11.4. The summed E-state index contributed by atoms with van der Waals surface area (Å²) in [6, 6.07) is 7.90. The van der Waals surface area contributed by atoms with Crippen LogP contribution in [0.1, 0.15) is 19.3 Å². The zero-order valence-corrected chi connectivity index (χ0v) is 12.2. The normalized spacial score (nSPS) is 27.1. The Kier molecular flexibility index (Phi) is 4.24. The first-order chi connectivity index (χ1) is 9.75. The molecular formula is C15H20ClN3O. The van der Waals surface area contributed by atoms with Gasteiger partial charge in [0.1, 0.15) is 0 Å². The average Bonchev–Trinajstić information content (AvgIpc) is 2.95. The molecule has 0 aliphatic carbocycles. The number of para-hydroxylation sites is 1. The van der Waals surface area contributed by atoms with Crippen molar-refractivity contribution < 1.29 is 4.79 Å². The van der Waals surface area contributed by atoms with Crippen LogP contribution in [0.25, 0.3) is 0 Å². The van der Waals surface area contributed by atoms with Gasteiger partial charge in [0.2, 0.25) is 5.91 Å². The summed E-state index contributed by atoms with van der Waals surface area (Å²) < 4.78 is 0. The number of piperidine rings is 1. The number of benzene rings is 1. The molecule has 2 heterocycles. The van der Waals surface area contributed by atoms with Crippen LogP contribution in [0.15, 0.2) is 24.3 Å². The Morgan fingerprint density at radius 3 is 2.90 bits per heavy atom. The molecule has 4 nitrogen and oxygen atoms in total. The first-order valence-corrected chi connectivity index (χ1v) is 7.66. The van der Waals surface area contributed by atoms with Gasteiger partial charge in [-0.3, -0.25) is 4.79 Å². The number of nitrogens with one attached hydrogen (secondary N) is 2. The summed E-state index contributed by atoms with van der Waals surface area (Å²) >= 11 is 6.22. The van der Waals surface area contributed by atoms with E-state index in [4.69, 9.17) is 11.6 Å². The topological polar surface area (TPSA) is 44.4 Å². The molecule has 0 radical (unpaired) electrons. The maximum atomic E-state index is 12.7. The van der Waals surface area contributed by atoms with Gasteiger partial charge in [0, 0.05) is 19.1 Å². The SMILES string of the molecule is O=C1C(NC2CCNC2)CCCN1c1ccccc1Cl. The number of nitrogens with zero attached hydrogens (tertiary/aromatic N) is 1. The van der Waals surface area contributed by atoms with Crippen molar-refractivity contribution in [3.63, 3.8) is 0 Å². The van der Waals surface area contributed by atoms with Crippen molar-refractivity contribution in [3.05, 3.63) is 29.3 Å². The lowest BCUT2D eigenvalue weighted by molar-refractivity contribution is -0.122. The van der Waals surface area contributed by atoms with Crippen LogP contribution in [0.2, 0.25) is 5.02 Å². The average molecular weight is 294 g/mol. The number of anilines is 1. The van der Waals surface area contributed by atoms with Gasteiger partial charge in [0.25, 0.3) is 0 Å². The van der Waals surface area contributed by atoms with Crippen molar-refractivity contribution in [2.24, 2.45) is 0 Å². The van der Waals surface area contributed by atoms with Crippen LogP contribution in [-0.2, 0) is 4.79 Å².